The highest BCUT2D eigenvalue weighted by Gasteiger charge is 2.17. The zero-order valence-electron chi connectivity index (χ0n) is 11.8. The molecule has 0 aliphatic rings. The van der Waals surface area contributed by atoms with Gasteiger partial charge in [0.05, 0.1) is 0 Å². The van der Waals surface area contributed by atoms with Crippen LogP contribution < -0.4 is 0 Å². The van der Waals surface area contributed by atoms with Gasteiger partial charge in [0.25, 0.3) is 0 Å². The number of nitrogens with zero attached hydrogens (tertiary/aromatic N) is 2. The molecule has 0 N–H and O–H groups in total. The number of ketones is 1. The highest BCUT2D eigenvalue weighted by molar-refractivity contribution is 7.08. The molecule has 0 unspecified atom stereocenters. The van der Waals surface area contributed by atoms with Crippen LogP contribution in [0.3, 0.4) is 0 Å². The van der Waals surface area contributed by atoms with E-state index in [1.807, 2.05) is 62.4 Å². The van der Waals surface area contributed by atoms with E-state index in [4.69, 9.17) is 0 Å². The van der Waals surface area contributed by atoms with Crippen molar-refractivity contribution < 1.29 is 4.79 Å². The van der Waals surface area contributed by atoms with Crippen molar-refractivity contribution >= 4 is 17.3 Å². The first-order valence-electron chi connectivity index (χ1n) is 6.66. The van der Waals surface area contributed by atoms with E-state index in [0.717, 1.165) is 28.2 Å². The van der Waals surface area contributed by atoms with Crippen LogP contribution in [0.25, 0.3) is 11.4 Å². The van der Waals surface area contributed by atoms with E-state index in [-0.39, 0.29) is 5.78 Å². The maximum Gasteiger partial charge on any atom is 0.223 e. The number of carbonyl (C=O) groups is 1. The molecule has 0 aliphatic carbocycles. The van der Waals surface area contributed by atoms with Crippen LogP contribution in [-0.2, 0) is 0 Å². The Morgan fingerprint density at radius 3 is 2.52 bits per heavy atom. The Labute approximate surface area is 127 Å². The van der Waals surface area contributed by atoms with Crippen LogP contribution in [0, 0.1) is 13.8 Å². The predicted octanol–water partition coefficient (Wildman–Crippen LogP) is 4.05. The van der Waals surface area contributed by atoms with Crippen LogP contribution in [-0.4, -0.2) is 15.1 Å². The van der Waals surface area contributed by atoms with Gasteiger partial charge in [0, 0.05) is 11.1 Å². The molecule has 21 heavy (non-hydrogen) atoms. The molecule has 0 bridgehead atoms. The standard InChI is InChI=1S/C17H14N2OS/c1-11-8-9-14(12(2)10-11)15(20)17-18-16(19-21-17)13-6-4-3-5-7-13/h3-10H,1-2H3. The van der Waals surface area contributed by atoms with Gasteiger partial charge in [-0.1, -0.05) is 54.1 Å². The maximum absolute atomic E-state index is 12.5. The lowest BCUT2D eigenvalue weighted by atomic mass is 10.0. The van der Waals surface area contributed by atoms with Crippen molar-refractivity contribution in [3.8, 4) is 11.4 Å². The Morgan fingerprint density at radius 2 is 1.81 bits per heavy atom. The Hall–Kier alpha value is -2.33. The lowest BCUT2D eigenvalue weighted by Gasteiger charge is -2.03. The first-order valence-corrected chi connectivity index (χ1v) is 7.43. The molecular formula is C17H14N2OS. The van der Waals surface area contributed by atoms with Crippen LogP contribution in [0.4, 0.5) is 0 Å². The highest BCUT2D eigenvalue weighted by Crippen LogP contribution is 2.21. The summed E-state index contributed by atoms with van der Waals surface area (Å²) in [5.74, 6) is 0.542. The SMILES string of the molecule is Cc1ccc(C(=O)c2nc(-c3ccccc3)ns2)c(C)c1. The molecule has 0 fully saturated rings. The summed E-state index contributed by atoms with van der Waals surface area (Å²) < 4.78 is 4.29. The number of hydrogen-bond donors (Lipinski definition) is 0. The van der Waals surface area contributed by atoms with Gasteiger partial charge in [-0.25, -0.2) is 4.98 Å². The molecule has 0 atom stereocenters. The van der Waals surface area contributed by atoms with Gasteiger partial charge in [-0.15, -0.1) is 0 Å². The first-order chi connectivity index (χ1) is 10.1. The normalized spacial score (nSPS) is 10.6. The van der Waals surface area contributed by atoms with E-state index in [9.17, 15) is 4.79 Å². The van der Waals surface area contributed by atoms with E-state index in [2.05, 4.69) is 9.36 Å². The van der Waals surface area contributed by atoms with Crippen LogP contribution in [0.2, 0.25) is 0 Å². The molecule has 1 heterocycles. The van der Waals surface area contributed by atoms with Crippen LogP contribution in [0.5, 0.6) is 0 Å². The molecule has 0 saturated carbocycles. The molecule has 104 valence electrons. The minimum Gasteiger partial charge on any atom is -0.286 e. The Kier molecular flexibility index (Phi) is 3.62. The summed E-state index contributed by atoms with van der Waals surface area (Å²) in [4.78, 5) is 16.9. The summed E-state index contributed by atoms with van der Waals surface area (Å²) in [5.41, 5.74) is 3.73. The molecule has 3 aromatic rings. The van der Waals surface area contributed by atoms with Crippen molar-refractivity contribution in [2.45, 2.75) is 13.8 Å². The fourth-order valence-corrected chi connectivity index (χ4v) is 2.84. The van der Waals surface area contributed by atoms with Gasteiger partial charge in [-0.05, 0) is 30.9 Å². The Bertz CT molecular complexity index is 794. The summed E-state index contributed by atoms with van der Waals surface area (Å²) in [7, 11) is 0. The molecule has 3 nitrogen and oxygen atoms in total. The number of aryl methyl sites for hydroxylation is 2. The van der Waals surface area contributed by atoms with Gasteiger partial charge in [-0.2, -0.15) is 4.37 Å². The second kappa shape index (κ2) is 5.58. The van der Waals surface area contributed by atoms with Gasteiger partial charge < -0.3 is 0 Å². The van der Waals surface area contributed by atoms with Crippen molar-refractivity contribution in [3.05, 3.63) is 70.2 Å². The minimum atomic E-state index is -0.0628. The average Bonchev–Trinajstić information content (AvgIpc) is 2.97. The number of hydrogen-bond acceptors (Lipinski definition) is 4. The largest absolute Gasteiger partial charge is 0.286 e. The average molecular weight is 294 g/mol. The van der Waals surface area contributed by atoms with Crippen molar-refractivity contribution in [2.24, 2.45) is 0 Å². The summed E-state index contributed by atoms with van der Waals surface area (Å²) >= 11 is 1.15. The monoisotopic (exact) mass is 294 g/mol. The quantitative estimate of drug-likeness (QED) is 0.684. The molecule has 0 saturated heterocycles. The molecule has 1 aromatic heterocycles. The molecular weight excluding hydrogens is 280 g/mol. The molecule has 3 rings (SSSR count). The summed E-state index contributed by atoms with van der Waals surface area (Å²) in [6.07, 6.45) is 0. The summed E-state index contributed by atoms with van der Waals surface area (Å²) in [6, 6.07) is 15.5. The van der Waals surface area contributed by atoms with Gasteiger partial charge in [0.15, 0.2) is 10.8 Å². The zero-order valence-corrected chi connectivity index (χ0v) is 12.6. The molecule has 0 aliphatic heterocycles. The molecule has 0 spiro atoms. The van der Waals surface area contributed by atoms with E-state index in [1.165, 1.54) is 0 Å². The number of aromatic nitrogens is 2. The van der Waals surface area contributed by atoms with E-state index in [0.29, 0.717) is 16.4 Å². The number of rotatable bonds is 3. The smallest absolute Gasteiger partial charge is 0.223 e. The van der Waals surface area contributed by atoms with Crippen molar-refractivity contribution in [3.63, 3.8) is 0 Å². The Balaban J connectivity index is 1.94. The van der Waals surface area contributed by atoms with E-state index in [1.54, 1.807) is 0 Å². The van der Waals surface area contributed by atoms with Crippen LogP contribution in [0.1, 0.15) is 26.5 Å². The number of benzene rings is 2. The van der Waals surface area contributed by atoms with Gasteiger partial charge >= 0.3 is 0 Å². The van der Waals surface area contributed by atoms with Crippen molar-refractivity contribution in [2.75, 3.05) is 0 Å². The predicted molar refractivity (Wildman–Crippen MR) is 84.7 cm³/mol. The molecule has 0 radical (unpaired) electrons. The van der Waals surface area contributed by atoms with Gasteiger partial charge in [0.1, 0.15) is 0 Å². The van der Waals surface area contributed by atoms with Gasteiger partial charge in [-0.3, -0.25) is 4.79 Å². The first kappa shape index (κ1) is 13.6. The van der Waals surface area contributed by atoms with Crippen molar-refractivity contribution in [1.82, 2.24) is 9.36 Å². The molecule has 0 amide bonds. The van der Waals surface area contributed by atoms with E-state index >= 15 is 0 Å². The van der Waals surface area contributed by atoms with Crippen LogP contribution in [0.15, 0.2) is 48.5 Å². The third kappa shape index (κ3) is 2.76. The third-order valence-corrected chi connectivity index (χ3v) is 3.99. The lowest BCUT2D eigenvalue weighted by molar-refractivity contribution is 0.103. The Morgan fingerprint density at radius 1 is 1.05 bits per heavy atom. The molecule has 4 heteroatoms. The fourth-order valence-electron chi connectivity index (χ4n) is 2.20. The molecule has 2 aromatic carbocycles. The highest BCUT2D eigenvalue weighted by atomic mass is 32.1. The second-order valence-corrected chi connectivity index (χ2v) is 5.69. The lowest BCUT2D eigenvalue weighted by Crippen LogP contribution is -2.03. The minimum absolute atomic E-state index is 0.0628. The number of carbonyl (C=O) groups excluding carboxylic acids is 1. The second-order valence-electron chi connectivity index (χ2n) is 4.94. The van der Waals surface area contributed by atoms with Crippen molar-refractivity contribution in [1.29, 1.82) is 0 Å². The maximum atomic E-state index is 12.5. The van der Waals surface area contributed by atoms with Crippen LogP contribution >= 0.6 is 11.5 Å². The summed E-state index contributed by atoms with van der Waals surface area (Å²) in [5, 5.41) is 0.431. The summed E-state index contributed by atoms with van der Waals surface area (Å²) in [6.45, 7) is 3.96. The van der Waals surface area contributed by atoms with Gasteiger partial charge in [0.2, 0.25) is 5.78 Å². The fraction of sp³-hybridized carbons (Fsp3) is 0.118. The third-order valence-electron chi connectivity index (χ3n) is 3.28. The topological polar surface area (TPSA) is 42.9 Å². The zero-order chi connectivity index (χ0) is 14.8. The van der Waals surface area contributed by atoms with E-state index < -0.39 is 0 Å².